The zero-order chi connectivity index (χ0) is 19.9. The second-order valence-corrected chi connectivity index (χ2v) is 7.42. The van der Waals surface area contributed by atoms with E-state index < -0.39 is 17.4 Å². The summed E-state index contributed by atoms with van der Waals surface area (Å²) in [5.74, 6) is -0.438. The molecule has 8 nitrogen and oxygen atoms in total. The van der Waals surface area contributed by atoms with E-state index in [0.29, 0.717) is 22.9 Å². The Hall–Kier alpha value is -2.94. The van der Waals surface area contributed by atoms with Crippen molar-refractivity contribution >= 4 is 29.4 Å². The number of benzene rings is 1. The Morgan fingerprint density at radius 1 is 1.36 bits per heavy atom. The highest BCUT2D eigenvalue weighted by molar-refractivity contribution is 6.30. The third-order valence-corrected chi connectivity index (χ3v) is 5.43. The first-order chi connectivity index (χ1) is 13.3. The van der Waals surface area contributed by atoms with Crippen LogP contribution in [-0.4, -0.2) is 28.7 Å². The van der Waals surface area contributed by atoms with Gasteiger partial charge < -0.3 is 15.2 Å². The number of carbonyl (C=O) groups excluding carboxylic acids is 1. The van der Waals surface area contributed by atoms with Gasteiger partial charge in [-0.15, -0.1) is 0 Å². The number of carbonyl (C=O) groups is 1. The molecule has 2 heterocycles. The SMILES string of the molecule is C[C@]1(c2cc(NC(=O)Oc3ncc(Cl)cn3)ccc2F)N=C(N)OCC12CC2. The van der Waals surface area contributed by atoms with Crippen LogP contribution in [0.15, 0.2) is 35.6 Å². The number of rotatable bonds is 3. The standard InChI is InChI=1S/C18H17ClFN5O3/c1-17(18(4-5-18)9-27-14(21)25-17)12-6-11(2-3-13(12)20)24-16(26)28-15-22-7-10(19)8-23-15/h2-3,6-8H,4-5,9H2,1H3,(H2,21,25)(H,24,26)/t17-/m1/s1. The number of anilines is 1. The van der Waals surface area contributed by atoms with Crippen LogP contribution in [0.4, 0.5) is 14.9 Å². The highest BCUT2D eigenvalue weighted by Crippen LogP contribution is 2.62. The number of hydrogen-bond acceptors (Lipinski definition) is 7. The predicted octanol–water partition coefficient (Wildman–Crippen LogP) is 3.22. The summed E-state index contributed by atoms with van der Waals surface area (Å²) in [5.41, 5.74) is 5.24. The quantitative estimate of drug-likeness (QED) is 0.810. The number of aliphatic imine (C=N–C) groups is 1. The summed E-state index contributed by atoms with van der Waals surface area (Å²) in [5, 5.41) is 2.85. The molecule has 1 aromatic heterocycles. The normalized spacial score (nSPS) is 22.2. The minimum absolute atomic E-state index is 0.0251. The summed E-state index contributed by atoms with van der Waals surface area (Å²) in [4.78, 5) is 24.1. The third-order valence-electron chi connectivity index (χ3n) is 5.23. The molecule has 0 saturated heterocycles. The molecule has 1 atom stereocenters. The van der Waals surface area contributed by atoms with E-state index in [4.69, 9.17) is 26.8 Å². The molecule has 3 N–H and O–H groups in total. The molecule has 2 aliphatic rings. The molecule has 1 saturated carbocycles. The van der Waals surface area contributed by atoms with Gasteiger partial charge in [0.1, 0.15) is 11.4 Å². The van der Waals surface area contributed by atoms with Crippen molar-refractivity contribution in [1.29, 1.82) is 0 Å². The first kappa shape index (κ1) is 18.4. The maximum atomic E-state index is 14.7. The van der Waals surface area contributed by atoms with Gasteiger partial charge in [-0.3, -0.25) is 5.32 Å². The van der Waals surface area contributed by atoms with Crippen molar-refractivity contribution in [3.63, 3.8) is 0 Å². The molecule has 1 aliphatic carbocycles. The fraction of sp³-hybridized carbons (Fsp3) is 0.333. The summed E-state index contributed by atoms with van der Waals surface area (Å²) in [7, 11) is 0. The van der Waals surface area contributed by atoms with Crippen molar-refractivity contribution in [3.05, 3.63) is 47.0 Å². The molecule has 10 heteroatoms. The maximum Gasteiger partial charge on any atom is 0.419 e. The summed E-state index contributed by atoms with van der Waals surface area (Å²) in [6, 6.07) is 4.10. The lowest BCUT2D eigenvalue weighted by Gasteiger charge is -2.38. The van der Waals surface area contributed by atoms with Crippen LogP contribution in [0.2, 0.25) is 5.02 Å². The Morgan fingerprint density at radius 3 is 2.75 bits per heavy atom. The van der Waals surface area contributed by atoms with Crippen LogP contribution in [0.1, 0.15) is 25.3 Å². The van der Waals surface area contributed by atoms with Crippen LogP contribution >= 0.6 is 11.6 Å². The first-order valence-electron chi connectivity index (χ1n) is 8.56. The molecule has 1 amide bonds. The molecule has 1 aromatic carbocycles. The van der Waals surface area contributed by atoms with Crippen LogP contribution in [0.25, 0.3) is 0 Å². The van der Waals surface area contributed by atoms with Gasteiger partial charge in [-0.05, 0) is 38.0 Å². The highest BCUT2D eigenvalue weighted by Gasteiger charge is 2.61. The van der Waals surface area contributed by atoms with E-state index in [9.17, 15) is 9.18 Å². The molecule has 28 heavy (non-hydrogen) atoms. The summed E-state index contributed by atoms with van der Waals surface area (Å²) in [6.45, 7) is 2.21. The van der Waals surface area contributed by atoms with Gasteiger partial charge in [-0.1, -0.05) is 11.6 Å². The molecule has 0 unspecified atom stereocenters. The number of ether oxygens (including phenoxy) is 2. The molecule has 0 radical (unpaired) electrons. The summed E-state index contributed by atoms with van der Waals surface area (Å²) in [6.07, 6.45) is 3.50. The average molecular weight is 406 g/mol. The van der Waals surface area contributed by atoms with Crippen LogP contribution in [0, 0.1) is 11.2 Å². The van der Waals surface area contributed by atoms with Crippen LogP contribution in [0.3, 0.4) is 0 Å². The van der Waals surface area contributed by atoms with E-state index in [1.807, 2.05) is 6.92 Å². The van der Waals surface area contributed by atoms with Crippen molar-refractivity contribution in [1.82, 2.24) is 9.97 Å². The largest absolute Gasteiger partial charge is 0.465 e. The molecule has 1 fully saturated rings. The second kappa shape index (κ2) is 6.59. The fourth-order valence-corrected chi connectivity index (χ4v) is 3.50. The number of amides is 1. The molecule has 4 rings (SSSR count). The maximum absolute atomic E-state index is 14.7. The minimum Gasteiger partial charge on any atom is -0.465 e. The van der Waals surface area contributed by atoms with E-state index in [1.165, 1.54) is 30.6 Å². The van der Waals surface area contributed by atoms with Crippen LogP contribution in [-0.2, 0) is 10.3 Å². The van der Waals surface area contributed by atoms with Crippen molar-refractivity contribution in [2.75, 3.05) is 11.9 Å². The monoisotopic (exact) mass is 405 g/mol. The van der Waals surface area contributed by atoms with Crippen molar-refractivity contribution < 1.29 is 18.7 Å². The van der Waals surface area contributed by atoms with Gasteiger partial charge in [0, 0.05) is 16.7 Å². The first-order valence-corrected chi connectivity index (χ1v) is 8.94. The molecule has 0 bridgehead atoms. The van der Waals surface area contributed by atoms with E-state index >= 15 is 0 Å². The molecule has 2 aromatic rings. The van der Waals surface area contributed by atoms with E-state index in [1.54, 1.807) is 0 Å². The third kappa shape index (κ3) is 3.22. The van der Waals surface area contributed by atoms with Gasteiger partial charge in [0.25, 0.3) is 6.02 Å². The van der Waals surface area contributed by atoms with Gasteiger partial charge >= 0.3 is 12.1 Å². The van der Waals surface area contributed by atoms with Gasteiger partial charge in [0.15, 0.2) is 0 Å². The van der Waals surface area contributed by atoms with E-state index in [-0.39, 0.29) is 17.4 Å². The predicted molar refractivity (Wildman–Crippen MR) is 99.7 cm³/mol. The van der Waals surface area contributed by atoms with Crippen molar-refractivity contribution in [2.45, 2.75) is 25.3 Å². The Kier molecular flexibility index (Phi) is 4.34. The molecule has 1 spiro atoms. The van der Waals surface area contributed by atoms with E-state index in [2.05, 4.69) is 20.3 Å². The number of amidine groups is 1. The van der Waals surface area contributed by atoms with Gasteiger partial charge in [-0.2, -0.15) is 0 Å². The highest BCUT2D eigenvalue weighted by atomic mass is 35.5. The van der Waals surface area contributed by atoms with Crippen LogP contribution in [0.5, 0.6) is 6.01 Å². The Morgan fingerprint density at radius 2 is 2.07 bits per heavy atom. The smallest absolute Gasteiger partial charge is 0.419 e. The lowest BCUT2D eigenvalue weighted by molar-refractivity contribution is 0.114. The summed E-state index contributed by atoms with van der Waals surface area (Å²) >= 11 is 5.69. The number of nitrogens with zero attached hydrogens (tertiary/aromatic N) is 3. The number of nitrogens with two attached hydrogens (primary N) is 1. The average Bonchev–Trinajstić information content (AvgIpc) is 3.44. The number of aromatic nitrogens is 2. The lowest BCUT2D eigenvalue weighted by Crippen LogP contribution is -2.43. The van der Waals surface area contributed by atoms with Gasteiger partial charge in [-0.25, -0.2) is 24.1 Å². The van der Waals surface area contributed by atoms with Crippen molar-refractivity contribution in [3.8, 4) is 6.01 Å². The van der Waals surface area contributed by atoms with Crippen molar-refractivity contribution in [2.24, 2.45) is 16.1 Å². The summed E-state index contributed by atoms with van der Waals surface area (Å²) < 4.78 is 25.1. The number of halogens is 2. The van der Waals surface area contributed by atoms with E-state index in [0.717, 1.165) is 12.8 Å². The minimum atomic E-state index is -0.889. The lowest BCUT2D eigenvalue weighted by atomic mass is 9.76. The second-order valence-electron chi connectivity index (χ2n) is 6.98. The molecular weight excluding hydrogens is 389 g/mol. The zero-order valence-corrected chi connectivity index (χ0v) is 15.7. The van der Waals surface area contributed by atoms with Gasteiger partial charge in [0.05, 0.1) is 24.0 Å². The molecule has 1 aliphatic heterocycles. The Labute approximate surface area is 164 Å². The molecular formula is C18H17ClFN5O3. The number of nitrogens with one attached hydrogen (secondary N) is 1. The fourth-order valence-electron chi connectivity index (χ4n) is 3.41. The Bertz CT molecular complexity index is 964. The van der Waals surface area contributed by atoms with Crippen LogP contribution < -0.4 is 15.8 Å². The topological polar surface area (TPSA) is 112 Å². The number of hydrogen-bond donors (Lipinski definition) is 2. The van der Waals surface area contributed by atoms with Gasteiger partial charge in [0.2, 0.25) is 0 Å². The molecule has 146 valence electrons. The zero-order valence-electron chi connectivity index (χ0n) is 14.9. The Balaban J connectivity index is 1.58.